The number of benzene rings is 1. The Kier molecular flexibility index (Phi) is 4.49. The number of rotatable bonds is 5. The number of hydrogen-bond acceptors (Lipinski definition) is 6. The highest BCUT2D eigenvalue weighted by molar-refractivity contribution is 7.98. The molecular weight excluding hydrogens is 414 g/mol. The molecule has 28 heavy (non-hydrogen) atoms. The van der Waals surface area contributed by atoms with E-state index in [4.69, 9.17) is 11.6 Å². The van der Waals surface area contributed by atoms with E-state index in [0.29, 0.717) is 32.7 Å². The molecule has 1 aromatic carbocycles. The lowest BCUT2D eigenvalue weighted by Crippen LogP contribution is -2.09. The van der Waals surface area contributed by atoms with Crippen molar-refractivity contribution < 1.29 is 0 Å². The van der Waals surface area contributed by atoms with E-state index in [1.807, 2.05) is 41.9 Å². The Hall–Kier alpha value is -2.16. The summed E-state index contributed by atoms with van der Waals surface area (Å²) < 4.78 is 2.68. The molecule has 0 saturated heterocycles. The van der Waals surface area contributed by atoms with Crippen LogP contribution in [0.25, 0.3) is 20.7 Å². The molecule has 0 amide bonds. The molecule has 0 unspecified atom stereocenters. The van der Waals surface area contributed by atoms with Crippen molar-refractivity contribution in [1.82, 2.24) is 24.7 Å². The summed E-state index contributed by atoms with van der Waals surface area (Å²) >= 11 is 8.94. The number of aromatic nitrogens is 5. The van der Waals surface area contributed by atoms with Crippen molar-refractivity contribution in [2.45, 2.75) is 29.7 Å². The first-order valence-corrected chi connectivity index (χ1v) is 11.1. The van der Waals surface area contributed by atoms with Gasteiger partial charge in [0.25, 0.3) is 5.56 Å². The number of thiophene rings is 1. The third-order valence-corrected chi connectivity index (χ3v) is 7.17. The molecule has 1 aliphatic rings. The molecule has 3 heterocycles. The van der Waals surface area contributed by atoms with E-state index in [-0.39, 0.29) is 5.56 Å². The first kappa shape index (κ1) is 17.9. The molecule has 0 bridgehead atoms. The van der Waals surface area contributed by atoms with Crippen molar-refractivity contribution >= 4 is 44.9 Å². The molecule has 4 aromatic rings. The molecule has 3 aromatic heterocycles. The fourth-order valence-corrected chi connectivity index (χ4v) is 5.01. The van der Waals surface area contributed by atoms with E-state index >= 15 is 0 Å². The minimum Gasteiger partial charge on any atom is -0.309 e. The fourth-order valence-electron chi connectivity index (χ4n) is 3.09. The summed E-state index contributed by atoms with van der Waals surface area (Å²) in [6.45, 7) is 0. The van der Waals surface area contributed by atoms with Crippen molar-refractivity contribution in [1.29, 1.82) is 0 Å². The summed E-state index contributed by atoms with van der Waals surface area (Å²) in [6, 6.07) is 9.54. The molecule has 0 spiro atoms. The van der Waals surface area contributed by atoms with Crippen molar-refractivity contribution in [3.8, 4) is 10.4 Å². The number of thioether (sulfide) groups is 1. The first-order valence-electron chi connectivity index (χ1n) is 8.89. The lowest BCUT2D eigenvalue weighted by atomic mass is 10.2. The van der Waals surface area contributed by atoms with Gasteiger partial charge < -0.3 is 9.55 Å². The number of nitrogens with zero attached hydrogens (tertiary/aromatic N) is 4. The van der Waals surface area contributed by atoms with Gasteiger partial charge in [-0.05, 0) is 36.6 Å². The highest BCUT2D eigenvalue weighted by Crippen LogP contribution is 2.39. The summed E-state index contributed by atoms with van der Waals surface area (Å²) in [4.78, 5) is 21.1. The number of aromatic amines is 1. The second-order valence-corrected chi connectivity index (χ2v) is 9.24. The van der Waals surface area contributed by atoms with Gasteiger partial charge in [0.15, 0.2) is 5.16 Å². The fraction of sp³-hybridized carbons (Fsp3) is 0.263. The van der Waals surface area contributed by atoms with Gasteiger partial charge in [0, 0.05) is 22.9 Å². The minimum absolute atomic E-state index is 0.109. The smallest absolute Gasteiger partial charge is 0.268 e. The van der Waals surface area contributed by atoms with Crippen LogP contribution in [0.15, 0.2) is 40.3 Å². The molecule has 0 radical (unpaired) electrons. The SMILES string of the molecule is Cn1c(SCc2nc3cc(-c4ccc(Cl)cc4)sc3c(=O)[nH]2)nnc1C1CC1. The van der Waals surface area contributed by atoms with Crippen molar-refractivity contribution in [3.05, 3.63) is 57.4 Å². The van der Waals surface area contributed by atoms with Gasteiger partial charge in [-0.3, -0.25) is 4.79 Å². The van der Waals surface area contributed by atoms with Crippen LogP contribution in [0.5, 0.6) is 0 Å². The van der Waals surface area contributed by atoms with Crippen LogP contribution >= 0.6 is 34.7 Å². The predicted octanol–water partition coefficient (Wildman–Crippen LogP) is 4.60. The molecule has 9 heteroatoms. The Balaban J connectivity index is 1.41. The average Bonchev–Trinajstić information content (AvgIpc) is 3.32. The van der Waals surface area contributed by atoms with Gasteiger partial charge >= 0.3 is 0 Å². The Labute approximate surface area is 174 Å². The zero-order valence-electron chi connectivity index (χ0n) is 15.0. The number of fused-ring (bicyclic) bond motifs is 1. The molecule has 0 aliphatic heterocycles. The summed E-state index contributed by atoms with van der Waals surface area (Å²) in [5.74, 6) is 2.77. The normalized spacial score (nSPS) is 14.1. The molecule has 6 nitrogen and oxygen atoms in total. The third kappa shape index (κ3) is 3.36. The lowest BCUT2D eigenvalue weighted by Gasteiger charge is -2.03. The molecule has 0 atom stereocenters. The second kappa shape index (κ2) is 7.02. The highest BCUT2D eigenvalue weighted by Gasteiger charge is 2.29. The number of halogens is 1. The molecule has 5 rings (SSSR count). The molecule has 142 valence electrons. The second-order valence-electron chi connectivity index (χ2n) is 6.81. The van der Waals surface area contributed by atoms with Crippen LogP contribution in [0.3, 0.4) is 0 Å². The highest BCUT2D eigenvalue weighted by atomic mass is 35.5. The summed E-state index contributed by atoms with van der Waals surface area (Å²) in [7, 11) is 1.99. The minimum atomic E-state index is -0.109. The van der Waals surface area contributed by atoms with Crippen LogP contribution in [0, 0.1) is 0 Å². The van der Waals surface area contributed by atoms with Crippen LogP contribution in [-0.4, -0.2) is 24.7 Å². The van der Waals surface area contributed by atoms with Crippen LogP contribution in [0.1, 0.15) is 30.4 Å². The van der Waals surface area contributed by atoms with E-state index in [1.54, 1.807) is 0 Å². The molecular formula is C19H16ClN5OS2. The van der Waals surface area contributed by atoms with Gasteiger partial charge in [0.1, 0.15) is 16.3 Å². The summed E-state index contributed by atoms with van der Waals surface area (Å²) in [5, 5.41) is 10.1. The van der Waals surface area contributed by atoms with E-state index in [9.17, 15) is 4.79 Å². The Bertz CT molecular complexity index is 1220. The first-order chi connectivity index (χ1) is 13.6. The zero-order valence-corrected chi connectivity index (χ0v) is 17.4. The Morgan fingerprint density at radius 1 is 1.29 bits per heavy atom. The number of nitrogens with one attached hydrogen (secondary N) is 1. The largest absolute Gasteiger partial charge is 0.309 e. The quantitative estimate of drug-likeness (QED) is 0.469. The lowest BCUT2D eigenvalue weighted by molar-refractivity contribution is 0.736. The Morgan fingerprint density at radius 3 is 2.82 bits per heavy atom. The van der Waals surface area contributed by atoms with Crippen molar-refractivity contribution in [2.24, 2.45) is 7.05 Å². The van der Waals surface area contributed by atoms with Crippen LogP contribution in [-0.2, 0) is 12.8 Å². The van der Waals surface area contributed by atoms with Crippen molar-refractivity contribution in [2.75, 3.05) is 0 Å². The molecule has 1 saturated carbocycles. The van der Waals surface area contributed by atoms with Gasteiger partial charge in [-0.2, -0.15) is 0 Å². The zero-order chi connectivity index (χ0) is 19.3. The van der Waals surface area contributed by atoms with E-state index in [2.05, 4.69) is 20.2 Å². The number of H-pyrrole nitrogens is 1. The Morgan fingerprint density at radius 2 is 2.07 bits per heavy atom. The van der Waals surface area contributed by atoms with Gasteiger partial charge in [0.2, 0.25) is 0 Å². The predicted molar refractivity (Wildman–Crippen MR) is 113 cm³/mol. The van der Waals surface area contributed by atoms with Crippen molar-refractivity contribution in [3.63, 3.8) is 0 Å². The molecule has 1 fully saturated rings. The summed E-state index contributed by atoms with van der Waals surface area (Å²) in [5.41, 5.74) is 1.63. The maximum atomic E-state index is 12.5. The molecule has 1 N–H and O–H groups in total. The van der Waals surface area contributed by atoms with E-state index in [1.165, 1.54) is 35.9 Å². The average molecular weight is 430 g/mol. The number of hydrogen-bond donors (Lipinski definition) is 1. The van der Waals surface area contributed by atoms with E-state index < -0.39 is 0 Å². The maximum absolute atomic E-state index is 12.5. The topological polar surface area (TPSA) is 76.5 Å². The van der Waals surface area contributed by atoms with Gasteiger partial charge in [-0.15, -0.1) is 21.5 Å². The standard InChI is InChI=1S/C19H16ClN5OS2/c1-25-17(11-2-3-11)23-24-19(25)27-9-15-21-13-8-14(28-16(13)18(26)22-15)10-4-6-12(20)7-5-10/h4-8,11H,2-3,9H2,1H3,(H,21,22,26). The van der Waals surface area contributed by atoms with Crippen LogP contribution in [0.4, 0.5) is 0 Å². The van der Waals surface area contributed by atoms with E-state index in [0.717, 1.165) is 21.4 Å². The van der Waals surface area contributed by atoms with Crippen LogP contribution in [0.2, 0.25) is 5.02 Å². The van der Waals surface area contributed by atoms with Gasteiger partial charge in [-0.1, -0.05) is 35.5 Å². The monoisotopic (exact) mass is 429 g/mol. The van der Waals surface area contributed by atoms with Crippen LogP contribution < -0.4 is 5.56 Å². The molecule has 1 aliphatic carbocycles. The van der Waals surface area contributed by atoms with Gasteiger partial charge in [0.05, 0.1) is 11.3 Å². The maximum Gasteiger partial charge on any atom is 0.268 e. The van der Waals surface area contributed by atoms with Gasteiger partial charge in [-0.25, -0.2) is 4.98 Å². The third-order valence-electron chi connectivity index (χ3n) is 4.71. The summed E-state index contributed by atoms with van der Waals surface area (Å²) in [6.07, 6.45) is 2.38.